The Morgan fingerprint density at radius 1 is 1.36 bits per heavy atom. The maximum Gasteiger partial charge on any atom is 0.356 e. The molecule has 0 spiro atoms. The minimum Gasteiger partial charge on any atom is -0.388 e. The molecule has 0 aromatic carbocycles. The van der Waals surface area contributed by atoms with Gasteiger partial charge in [-0.15, -0.1) is 0 Å². The van der Waals surface area contributed by atoms with Gasteiger partial charge in [0.2, 0.25) is 0 Å². The fourth-order valence-electron chi connectivity index (χ4n) is 2.42. The first kappa shape index (κ1) is 20.0. The van der Waals surface area contributed by atoms with Crippen molar-refractivity contribution in [3.8, 4) is 0 Å². The molecule has 2 rings (SSSR count). The lowest BCUT2D eigenvalue weighted by atomic mass is 10.2. The third-order valence-electron chi connectivity index (χ3n) is 3.55. The van der Waals surface area contributed by atoms with Gasteiger partial charge in [-0.25, -0.2) is 4.79 Å². The third kappa shape index (κ3) is 4.87. The highest BCUT2D eigenvalue weighted by Gasteiger charge is 2.38. The minimum absolute atomic E-state index is 0.0730. The van der Waals surface area contributed by atoms with Crippen LogP contribution in [-0.2, 0) is 23.1 Å². The Morgan fingerprint density at radius 2 is 2.00 bits per heavy atom. The summed E-state index contributed by atoms with van der Waals surface area (Å²) in [6.07, 6.45) is -1.92. The molecule has 1 aliphatic heterocycles. The molecule has 2 heterocycles. The molecule has 0 bridgehead atoms. The van der Waals surface area contributed by atoms with Crippen molar-refractivity contribution < 1.29 is 28.2 Å². The second-order valence-electron chi connectivity index (χ2n) is 5.48. The van der Waals surface area contributed by atoms with Gasteiger partial charge in [0, 0.05) is 18.2 Å². The molecule has 0 aliphatic carbocycles. The van der Waals surface area contributed by atoms with Gasteiger partial charge in [0.05, 0.1) is 13.2 Å². The first-order valence-corrected chi connectivity index (χ1v) is 9.67. The Morgan fingerprint density at radius 3 is 2.60 bits per heavy atom. The molecule has 2 N–H and O–H groups in total. The van der Waals surface area contributed by atoms with Crippen LogP contribution in [0.3, 0.4) is 0 Å². The zero-order valence-electron chi connectivity index (χ0n) is 14.3. The largest absolute Gasteiger partial charge is 0.388 e. The number of hydrogen-bond acceptors (Lipinski definition) is 8. The first-order chi connectivity index (χ1) is 11.8. The summed E-state index contributed by atoms with van der Waals surface area (Å²) in [6, 6.07) is 0. The van der Waals surface area contributed by atoms with Gasteiger partial charge in [0.1, 0.15) is 12.3 Å². The molecular formula is C14H23N2O8P. The highest BCUT2D eigenvalue weighted by atomic mass is 31.2. The van der Waals surface area contributed by atoms with E-state index in [1.165, 1.54) is 10.8 Å². The number of ether oxygens (including phenoxy) is 2. The van der Waals surface area contributed by atoms with Crippen LogP contribution in [0.15, 0.2) is 15.8 Å². The number of nitrogens with zero attached hydrogens (tertiary/aromatic N) is 1. The van der Waals surface area contributed by atoms with Gasteiger partial charge in [-0.2, -0.15) is 0 Å². The molecule has 0 saturated carbocycles. The van der Waals surface area contributed by atoms with E-state index >= 15 is 0 Å². The second kappa shape index (κ2) is 8.39. The molecule has 1 fully saturated rings. The number of aliphatic hydroxyl groups is 1. The van der Waals surface area contributed by atoms with Crippen LogP contribution in [0.25, 0.3) is 0 Å². The van der Waals surface area contributed by atoms with E-state index in [0.717, 1.165) is 0 Å². The molecule has 0 amide bonds. The van der Waals surface area contributed by atoms with Gasteiger partial charge in [-0.05, 0) is 20.8 Å². The van der Waals surface area contributed by atoms with Crippen LogP contribution in [-0.4, -0.2) is 46.6 Å². The molecule has 25 heavy (non-hydrogen) atoms. The highest BCUT2D eigenvalue weighted by Crippen LogP contribution is 2.48. The van der Waals surface area contributed by atoms with Crippen molar-refractivity contribution in [1.82, 2.24) is 9.55 Å². The Hall–Kier alpha value is -1.29. The van der Waals surface area contributed by atoms with Gasteiger partial charge < -0.3 is 23.6 Å². The maximum absolute atomic E-state index is 12.4. The fraction of sp³-hybridized carbons (Fsp3) is 0.714. The zero-order valence-corrected chi connectivity index (χ0v) is 15.2. The number of H-pyrrole nitrogens is 1. The summed E-state index contributed by atoms with van der Waals surface area (Å²) in [5, 5.41) is 10.1. The van der Waals surface area contributed by atoms with Crippen LogP contribution in [0.4, 0.5) is 0 Å². The summed E-state index contributed by atoms with van der Waals surface area (Å²) < 4.78 is 34.6. The van der Waals surface area contributed by atoms with E-state index in [9.17, 15) is 19.3 Å². The van der Waals surface area contributed by atoms with E-state index in [4.69, 9.17) is 18.5 Å². The molecule has 1 aromatic rings. The van der Waals surface area contributed by atoms with Gasteiger partial charge in [0.15, 0.2) is 12.6 Å². The summed E-state index contributed by atoms with van der Waals surface area (Å²) in [6.45, 7) is 5.27. The smallest absolute Gasteiger partial charge is 0.356 e. The Balaban J connectivity index is 2.06. The van der Waals surface area contributed by atoms with Crippen molar-refractivity contribution in [1.29, 1.82) is 0 Å². The standard InChI is InChI=1S/C14H23N2O8P/c1-4-22-25(20,23-5-2)8-21-13-10(17)6-11(24-13)16-7-9(3)12(18)15-14(16)19/h7,10-11,13,17H,4-6,8H2,1-3H3,(H,15,18,19). The number of hydrogen-bond donors (Lipinski definition) is 2. The molecule has 1 saturated heterocycles. The monoisotopic (exact) mass is 378 g/mol. The van der Waals surface area contributed by atoms with Crippen LogP contribution in [0.1, 0.15) is 32.1 Å². The molecule has 10 nitrogen and oxygen atoms in total. The number of rotatable bonds is 8. The van der Waals surface area contributed by atoms with Crippen molar-refractivity contribution in [2.75, 3.05) is 19.6 Å². The van der Waals surface area contributed by atoms with E-state index in [-0.39, 0.29) is 26.0 Å². The van der Waals surface area contributed by atoms with Crippen LogP contribution >= 0.6 is 7.60 Å². The maximum atomic E-state index is 12.4. The average molecular weight is 378 g/mol. The lowest BCUT2D eigenvalue weighted by Gasteiger charge is -2.21. The molecule has 11 heteroatoms. The summed E-state index contributed by atoms with van der Waals surface area (Å²) in [4.78, 5) is 25.5. The number of nitrogens with one attached hydrogen (secondary N) is 1. The van der Waals surface area contributed by atoms with Crippen LogP contribution < -0.4 is 11.2 Å². The van der Waals surface area contributed by atoms with E-state index < -0.39 is 37.5 Å². The normalized spacial score (nSPS) is 23.9. The second-order valence-corrected chi connectivity index (χ2v) is 7.48. The quantitative estimate of drug-likeness (QED) is 0.632. The van der Waals surface area contributed by atoms with Crippen molar-refractivity contribution in [3.05, 3.63) is 32.6 Å². The van der Waals surface area contributed by atoms with Crippen molar-refractivity contribution >= 4 is 7.60 Å². The molecule has 0 radical (unpaired) electrons. The number of aryl methyl sites for hydroxylation is 1. The van der Waals surface area contributed by atoms with E-state index in [0.29, 0.717) is 5.56 Å². The lowest BCUT2D eigenvalue weighted by molar-refractivity contribution is -0.169. The third-order valence-corrected chi connectivity index (χ3v) is 5.32. The summed E-state index contributed by atoms with van der Waals surface area (Å²) in [5.74, 6) is 0. The van der Waals surface area contributed by atoms with E-state index in [1.807, 2.05) is 0 Å². The predicted molar refractivity (Wildman–Crippen MR) is 87.4 cm³/mol. The van der Waals surface area contributed by atoms with Crippen molar-refractivity contribution in [2.45, 2.75) is 45.8 Å². The van der Waals surface area contributed by atoms with Crippen LogP contribution in [0.5, 0.6) is 0 Å². The molecule has 3 atom stereocenters. The first-order valence-electron chi connectivity index (χ1n) is 7.95. The Bertz CT molecular complexity index is 735. The Kier molecular flexibility index (Phi) is 6.72. The lowest BCUT2D eigenvalue weighted by Crippen LogP contribution is -2.33. The van der Waals surface area contributed by atoms with E-state index in [2.05, 4.69) is 4.98 Å². The van der Waals surface area contributed by atoms with Gasteiger partial charge in [-0.1, -0.05) is 0 Å². The summed E-state index contributed by atoms with van der Waals surface area (Å²) >= 11 is 0. The van der Waals surface area contributed by atoms with Gasteiger partial charge >= 0.3 is 13.3 Å². The number of aromatic amines is 1. The zero-order chi connectivity index (χ0) is 18.6. The topological polar surface area (TPSA) is 129 Å². The van der Waals surface area contributed by atoms with Crippen molar-refractivity contribution in [2.24, 2.45) is 0 Å². The van der Waals surface area contributed by atoms with Gasteiger partial charge in [-0.3, -0.25) is 18.9 Å². The number of aromatic nitrogens is 2. The molecule has 1 aromatic heterocycles. The highest BCUT2D eigenvalue weighted by molar-refractivity contribution is 7.53. The molecular weight excluding hydrogens is 355 g/mol. The van der Waals surface area contributed by atoms with Crippen molar-refractivity contribution in [3.63, 3.8) is 0 Å². The summed E-state index contributed by atoms with van der Waals surface area (Å²) in [5.41, 5.74) is -0.802. The SMILES string of the molecule is CCOP(=O)(COC1OC(n2cc(C)c(=O)[nH]c2=O)CC1O)OCC. The minimum atomic E-state index is -3.44. The fourth-order valence-corrected chi connectivity index (χ4v) is 3.76. The molecule has 1 aliphatic rings. The van der Waals surface area contributed by atoms with Crippen LogP contribution in [0, 0.1) is 6.92 Å². The average Bonchev–Trinajstić information content (AvgIpc) is 2.90. The van der Waals surface area contributed by atoms with E-state index in [1.54, 1.807) is 20.8 Å². The summed E-state index contributed by atoms with van der Waals surface area (Å²) in [7, 11) is -3.44. The molecule has 3 unspecified atom stereocenters. The van der Waals surface area contributed by atoms with Crippen LogP contribution in [0.2, 0.25) is 0 Å². The molecule has 142 valence electrons. The van der Waals surface area contributed by atoms with Gasteiger partial charge in [0.25, 0.3) is 5.56 Å². The number of aliphatic hydroxyl groups excluding tert-OH is 1. The Labute approximate surface area is 144 Å². The predicted octanol–water partition coefficient (Wildman–Crippen LogP) is 0.691.